The summed E-state index contributed by atoms with van der Waals surface area (Å²) in [5.41, 5.74) is 7.37. The quantitative estimate of drug-likeness (QED) is 0.710. The van der Waals surface area contributed by atoms with Crippen LogP contribution in [0.5, 0.6) is 0 Å². The van der Waals surface area contributed by atoms with Crippen molar-refractivity contribution in [3.63, 3.8) is 0 Å². The topological polar surface area (TPSA) is 88.8 Å². The van der Waals surface area contributed by atoms with Gasteiger partial charge in [-0.2, -0.15) is 0 Å². The van der Waals surface area contributed by atoms with E-state index in [4.69, 9.17) is 5.73 Å². The summed E-state index contributed by atoms with van der Waals surface area (Å²) in [5.74, 6) is 1.80. The number of hydrogen-bond donors (Lipinski definition) is 3. The van der Waals surface area contributed by atoms with E-state index in [-0.39, 0.29) is 0 Å². The molecule has 0 bridgehead atoms. The number of pyridine rings is 1. The molecule has 0 aromatic carbocycles. The molecule has 19 heavy (non-hydrogen) atoms. The minimum Gasteiger partial charge on any atom is -0.393 e. The molecule has 0 radical (unpaired) electrons. The first kappa shape index (κ1) is 12.8. The van der Waals surface area contributed by atoms with E-state index in [0.29, 0.717) is 29.7 Å². The third kappa shape index (κ3) is 3.19. The van der Waals surface area contributed by atoms with Crippen LogP contribution in [0.25, 0.3) is 0 Å². The standard InChI is InChI=1S/C13H16N6/c1-3-7-15-12-11(14)13(17-8-16-12)19-10-6-4-5-9(2)18-10/h3-6,8H,1,7,14H2,2H3,(H2,15,16,17,18,19). The third-order valence-electron chi connectivity index (χ3n) is 2.43. The summed E-state index contributed by atoms with van der Waals surface area (Å²) >= 11 is 0. The molecule has 2 heterocycles. The predicted molar refractivity (Wildman–Crippen MR) is 77.4 cm³/mol. The number of aryl methyl sites for hydroxylation is 1. The Balaban J connectivity index is 2.23. The smallest absolute Gasteiger partial charge is 0.160 e. The van der Waals surface area contributed by atoms with Crippen LogP contribution < -0.4 is 16.4 Å². The van der Waals surface area contributed by atoms with Crippen LogP contribution in [0.4, 0.5) is 23.1 Å². The Morgan fingerprint density at radius 1 is 1.32 bits per heavy atom. The van der Waals surface area contributed by atoms with Crippen LogP contribution in [0.2, 0.25) is 0 Å². The van der Waals surface area contributed by atoms with Crippen molar-refractivity contribution in [2.75, 3.05) is 22.9 Å². The van der Waals surface area contributed by atoms with Crippen molar-refractivity contribution in [2.24, 2.45) is 0 Å². The highest BCUT2D eigenvalue weighted by Gasteiger charge is 2.07. The van der Waals surface area contributed by atoms with Gasteiger partial charge in [-0.05, 0) is 19.1 Å². The maximum absolute atomic E-state index is 6.00. The van der Waals surface area contributed by atoms with E-state index in [0.717, 1.165) is 5.69 Å². The maximum atomic E-state index is 6.00. The minimum atomic E-state index is 0.452. The highest BCUT2D eigenvalue weighted by atomic mass is 15.1. The molecule has 0 aliphatic heterocycles. The first-order chi connectivity index (χ1) is 9.20. The highest BCUT2D eigenvalue weighted by Crippen LogP contribution is 2.24. The lowest BCUT2D eigenvalue weighted by Crippen LogP contribution is -2.08. The summed E-state index contributed by atoms with van der Waals surface area (Å²) in [6.07, 6.45) is 3.18. The van der Waals surface area contributed by atoms with Gasteiger partial charge in [-0.1, -0.05) is 12.1 Å². The molecule has 0 fully saturated rings. The van der Waals surface area contributed by atoms with Crippen LogP contribution in [0.3, 0.4) is 0 Å². The fourth-order valence-corrected chi connectivity index (χ4v) is 1.54. The summed E-state index contributed by atoms with van der Waals surface area (Å²) < 4.78 is 0. The molecule has 2 rings (SSSR count). The lowest BCUT2D eigenvalue weighted by atomic mass is 10.3. The van der Waals surface area contributed by atoms with Gasteiger partial charge in [-0.15, -0.1) is 6.58 Å². The van der Waals surface area contributed by atoms with Crippen LogP contribution >= 0.6 is 0 Å². The molecule has 0 saturated carbocycles. The maximum Gasteiger partial charge on any atom is 0.160 e. The summed E-state index contributed by atoms with van der Waals surface area (Å²) in [4.78, 5) is 12.5. The van der Waals surface area contributed by atoms with E-state index < -0.39 is 0 Å². The van der Waals surface area contributed by atoms with Gasteiger partial charge in [0.25, 0.3) is 0 Å². The fourth-order valence-electron chi connectivity index (χ4n) is 1.54. The monoisotopic (exact) mass is 256 g/mol. The number of nitrogens with one attached hydrogen (secondary N) is 2. The van der Waals surface area contributed by atoms with Gasteiger partial charge < -0.3 is 16.4 Å². The van der Waals surface area contributed by atoms with E-state index >= 15 is 0 Å². The van der Waals surface area contributed by atoms with Gasteiger partial charge in [-0.3, -0.25) is 0 Å². The summed E-state index contributed by atoms with van der Waals surface area (Å²) in [5, 5.41) is 6.12. The van der Waals surface area contributed by atoms with Gasteiger partial charge in [0.2, 0.25) is 0 Å². The van der Waals surface area contributed by atoms with Crippen LogP contribution in [-0.2, 0) is 0 Å². The van der Waals surface area contributed by atoms with Crippen molar-refractivity contribution in [3.8, 4) is 0 Å². The third-order valence-corrected chi connectivity index (χ3v) is 2.43. The van der Waals surface area contributed by atoms with Crippen molar-refractivity contribution in [1.82, 2.24) is 15.0 Å². The molecule has 6 nitrogen and oxygen atoms in total. The summed E-state index contributed by atoms with van der Waals surface area (Å²) in [6.45, 7) is 6.14. The molecule has 2 aromatic rings. The van der Waals surface area contributed by atoms with E-state index in [1.807, 2.05) is 25.1 Å². The molecular formula is C13H16N6. The average Bonchev–Trinajstić information content (AvgIpc) is 2.40. The molecule has 0 aliphatic rings. The number of anilines is 4. The molecule has 0 spiro atoms. The highest BCUT2D eigenvalue weighted by molar-refractivity contribution is 5.76. The van der Waals surface area contributed by atoms with Crippen molar-refractivity contribution < 1.29 is 0 Å². The van der Waals surface area contributed by atoms with Crippen molar-refractivity contribution in [2.45, 2.75) is 6.92 Å². The molecule has 98 valence electrons. The second kappa shape index (κ2) is 5.81. The summed E-state index contributed by atoms with van der Waals surface area (Å²) in [6, 6.07) is 5.69. The number of nitrogens with two attached hydrogens (primary N) is 1. The Kier molecular flexibility index (Phi) is 3.92. The number of hydrogen-bond acceptors (Lipinski definition) is 6. The molecule has 0 unspecified atom stereocenters. The van der Waals surface area contributed by atoms with Gasteiger partial charge in [0, 0.05) is 12.2 Å². The zero-order valence-electron chi connectivity index (χ0n) is 10.7. The molecule has 4 N–H and O–H groups in total. The SMILES string of the molecule is C=CCNc1ncnc(Nc2cccc(C)n2)c1N. The van der Waals surface area contributed by atoms with E-state index in [9.17, 15) is 0 Å². The zero-order valence-corrected chi connectivity index (χ0v) is 10.7. The molecule has 6 heteroatoms. The zero-order chi connectivity index (χ0) is 13.7. The minimum absolute atomic E-state index is 0.452. The largest absolute Gasteiger partial charge is 0.393 e. The molecular weight excluding hydrogens is 240 g/mol. The number of rotatable bonds is 5. The Labute approximate surface area is 111 Å². The van der Waals surface area contributed by atoms with Crippen LogP contribution in [-0.4, -0.2) is 21.5 Å². The van der Waals surface area contributed by atoms with E-state index in [1.54, 1.807) is 6.08 Å². The number of nitrogen functional groups attached to an aromatic ring is 1. The average molecular weight is 256 g/mol. The van der Waals surface area contributed by atoms with Gasteiger partial charge in [-0.25, -0.2) is 15.0 Å². The Morgan fingerprint density at radius 2 is 2.11 bits per heavy atom. The van der Waals surface area contributed by atoms with Crippen molar-refractivity contribution >= 4 is 23.1 Å². The Morgan fingerprint density at radius 3 is 2.84 bits per heavy atom. The Bertz CT molecular complexity index is 581. The van der Waals surface area contributed by atoms with Gasteiger partial charge >= 0.3 is 0 Å². The first-order valence-electron chi connectivity index (χ1n) is 5.86. The van der Waals surface area contributed by atoms with Crippen LogP contribution in [0.15, 0.2) is 37.2 Å². The predicted octanol–water partition coefficient (Wildman–Crippen LogP) is 2.10. The molecule has 0 atom stereocenters. The first-order valence-corrected chi connectivity index (χ1v) is 5.86. The molecule has 0 amide bonds. The van der Waals surface area contributed by atoms with Gasteiger partial charge in [0.1, 0.15) is 17.8 Å². The van der Waals surface area contributed by atoms with Crippen molar-refractivity contribution in [1.29, 1.82) is 0 Å². The molecule has 0 saturated heterocycles. The molecule has 2 aromatic heterocycles. The fraction of sp³-hybridized carbons (Fsp3) is 0.154. The van der Waals surface area contributed by atoms with Gasteiger partial charge in [0.15, 0.2) is 11.6 Å². The number of aromatic nitrogens is 3. The second-order valence-electron chi connectivity index (χ2n) is 3.94. The van der Waals surface area contributed by atoms with E-state index in [2.05, 4.69) is 32.2 Å². The van der Waals surface area contributed by atoms with Crippen LogP contribution in [0, 0.1) is 6.92 Å². The second-order valence-corrected chi connectivity index (χ2v) is 3.94. The summed E-state index contributed by atoms with van der Waals surface area (Å²) in [7, 11) is 0. The molecule has 0 aliphatic carbocycles. The van der Waals surface area contributed by atoms with Crippen LogP contribution in [0.1, 0.15) is 5.69 Å². The lowest BCUT2D eigenvalue weighted by Gasteiger charge is -2.11. The Hall–Kier alpha value is -2.63. The van der Waals surface area contributed by atoms with E-state index in [1.165, 1.54) is 6.33 Å². The van der Waals surface area contributed by atoms with Gasteiger partial charge in [0.05, 0.1) is 0 Å². The normalized spacial score (nSPS) is 9.95. The lowest BCUT2D eigenvalue weighted by molar-refractivity contribution is 1.13. The number of nitrogens with zero attached hydrogens (tertiary/aromatic N) is 3. The van der Waals surface area contributed by atoms with Crippen molar-refractivity contribution in [3.05, 3.63) is 42.9 Å².